The first-order valence-corrected chi connectivity index (χ1v) is 22.6. The fraction of sp³-hybridized carbons (Fsp3) is 0.233. The van der Waals surface area contributed by atoms with Crippen molar-refractivity contribution in [3.8, 4) is 78.8 Å². The molecule has 0 aliphatic carbocycles. The Bertz CT molecular complexity index is 3250. The van der Waals surface area contributed by atoms with Gasteiger partial charge in [-0.15, -0.1) is 0 Å². The number of aromatic hydroxyl groups is 2. The zero-order chi connectivity index (χ0) is 46.2. The van der Waals surface area contributed by atoms with Gasteiger partial charge in [-0.25, -0.2) is 9.97 Å². The van der Waals surface area contributed by atoms with Gasteiger partial charge in [-0.3, -0.25) is 0 Å². The Morgan fingerprint density at radius 1 is 0.424 bits per heavy atom. The van der Waals surface area contributed by atoms with Crippen LogP contribution < -0.4 is 0 Å². The molecule has 3 aromatic heterocycles. The van der Waals surface area contributed by atoms with Crippen molar-refractivity contribution in [2.75, 3.05) is 0 Å². The van der Waals surface area contributed by atoms with E-state index < -0.39 is 0 Å². The standard InChI is InChI=1S/C60H58N2O3.Pt/c1-35-26-41(58(3,4)5)27-36(2)54(35)38-24-25-51(63)45(30-38)47-21-17-22-48(61-47)50-32-40(39-28-42(59(6,7)8)33-43(29-39)60(9,10)11)31-49(62-50)46-34-53-56(44-20-15-16-23-52(44)65-53)55(57(46)64)37-18-13-12-14-19-37;/h12-34,63-64H,1-11H3;. The summed E-state index contributed by atoms with van der Waals surface area (Å²) in [4.78, 5) is 10.6. The Labute approximate surface area is 403 Å². The minimum atomic E-state index is -0.109. The number of benzene rings is 6. The molecule has 0 spiro atoms. The molecule has 5 nitrogen and oxygen atoms in total. The van der Waals surface area contributed by atoms with E-state index in [0.29, 0.717) is 45.0 Å². The first-order valence-electron chi connectivity index (χ1n) is 22.6. The fourth-order valence-electron chi connectivity index (χ4n) is 9.06. The summed E-state index contributed by atoms with van der Waals surface area (Å²) < 4.78 is 6.55. The van der Waals surface area contributed by atoms with Gasteiger partial charge in [0.15, 0.2) is 0 Å². The van der Waals surface area contributed by atoms with E-state index in [9.17, 15) is 10.2 Å². The Morgan fingerprint density at radius 2 is 0.985 bits per heavy atom. The molecule has 0 radical (unpaired) electrons. The normalized spacial score (nSPS) is 12.2. The Balaban J connectivity index is 0.00000592. The largest absolute Gasteiger partial charge is 0.507 e. The molecule has 9 aromatic rings. The summed E-state index contributed by atoms with van der Waals surface area (Å²) >= 11 is 0. The molecule has 0 saturated carbocycles. The first-order chi connectivity index (χ1) is 30.7. The minimum Gasteiger partial charge on any atom is -0.507 e. The number of para-hydroxylation sites is 1. The van der Waals surface area contributed by atoms with Crippen LogP contribution in [-0.4, -0.2) is 20.2 Å². The Hall–Kier alpha value is -6.29. The second-order valence-corrected chi connectivity index (χ2v) is 20.8. The molecule has 3 heterocycles. The van der Waals surface area contributed by atoms with Crippen molar-refractivity contribution >= 4 is 21.9 Å². The van der Waals surface area contributed by atoms with Crippen LogP contribution in [0.15, 0.2) is 144 Å². The molecule has 2 N–H and O–H groups in total. The molecule has 0 unspecified atom stereocenters. The van der Waals surface area contributed by atoms with Crippen molar-refractivity contribution in [3.63, 3.8) is 0 Å². The second-order valence-electron chi connectivity index (χ2n) is 20.8. The van der Waals surface area contributed by atoms with Crippen LogP contribution in [0, 0.1) is 13.8 Å². The van der Waals surface area contributed by atoms with Gasteiger partial charge in [0.1, 0.15) is 22.7 Å². The van der Waals surface area contributed by atoms with Crippen LogP contribution in [0.1, 0.15) is 90.1 Å². The van der Waals surface area contributed by atoms with Gasteiger partial charge < -0.3 is 14.6 Å². The van der Waals surface area contributed by atoms with Crippen LogP contribution in [0.5, 0.6) is 11.5 Å². The second kappa shape index (κ2) is 17.2. The molecule has 0 fully saturated rings. The van der Waals surface area contributed by atoms with Crippen molar-refractivity contribution in [1.29, 1.82) is 0 Å². The number of aromatic nitrogens is 2. The van der Waals surface area contributed by atoms with E-state index in [1.165, 1.54) is 27.8 Å². The van der Waals surface area contributed by atoms with Gasteiger partial charge in [0, 0.05) is 48.5 Å². The number of phenolic OH excluding ortho intramolecular Hbond substituents is 2. The van der Waals surface area contributed by atoms with Crippen molar-refractivity contribution in [2.45, 2.75) is 92.4 Å². The molecule has 0 aliphatic rings. The van der Waals surface area contributed by atoms with Crippen molar-refractivity contribution in [3.05, 3.63) is 167 Å². The van der Waals surface area contributed by atoms with Gasteiger partial charge in [-0.1, -0.05) is 153 Å². The van der Waals surface area contributed by atoms with Crippen molar-refractivity contribution in [2.24, 2.45) is 0 Å². The summed E-state index contributed by atoms with van der Waals surface area (Å²) in [6.07, 6.45) is 0. The molecule has 0 atom stereocenters. The quantitative estimate of drug-likeness (QED) is 0.173. The number of nitrogens with zero attached hydrogens (tertiary/aromatic N) is 2. The summed E-state index contributed by atoms with van der Waals surface area (Å²) in [6, 6.07) is 47.1. The molecule has 0 amide bonds. The molecule has 66 heavy (non-hydrogen) atoms. The number of furan rings is 1. The van der Waals surface area contributed by atoms with Crippen LogP contribution in [0.25, 0.3) is 89.2 Å². The maximum atomic E-state index is 12.6. The molecule has 6 aromatic carbocycles. The van der Waals surface area contributed by atoms with E-state index >= 15 is 0 Å². The third kappa shape index (κ3) is 8.74. The average molecular weight is 1050 g/mol. The Kier molecular flexibility index (Phi) is 12.0. The topological polar surface area (TPSA) is 79.4 Å². The smallest absolute Gasteiger partial charge is 0.137 e. The average Bonchev–Trinajstić information content (AvgIpc) is 3.63. The molecule has 0 aliphatic heterocycles. The van der Waals surface area contributed by atoms with E-state index in [-0.39, 0.29) is 48.8 Å². The van der Waals surface area contributed by atoms with Gasteiger partial charge in [0.2, 0.25) is 0 Å². The first kappa shape index (κ1) is 46.2. The molecule has 0 saturated heterocycles. The van der Waals surface area contributed by atoms with Crippen LogP contribution in [-0.2, 0) is 37.3 Å². The van der Waals surface area contributed by atoms with Gasteiger partial charge in [-0.2, -0.15) is 0 Å². The number of pyridine rings is 2. The van der Waals surface area contributed by atoms with Crippen molar-refractivity contribution in [1.82, 2.24) is 9.97 Å². The number of hydrogen-bond donors (Lipinski definition) is 2. The van der Waals surface area contributed by atoms with Gasteiger partial charge in [0.05, 0.1) is 22.8 Å². The summed E-state index contributed by atoms with van der Waals surface area (Å²) in [7, 11) is 0. The molecular formula is C60H58N2O3Pt. The van der Waals surface area contributed by atoms with E-state index in [0.717, 1.165) is 44.2 Å². The van der Waals surface area contributed by atoms with Crippen LogP contribution >= 0.6 is 0 Å². The number of fused-ring (bicyclic) bond motifs is 3. The maximum Gasteiger partial charge on any atom is 0.137 e. The summed E-state index contributed by atoms with van der Waals surface area (Å²) in [5.41, 5.74) is 16.7. The van der Waals surface area contributed by atoms with Gasteiger partial charge >= 0.3 is 0 Å². The minimum absolute atomic E-state index is 0. The number of hydrogen-bond acceptors (Lipinski definition) is 5. The Morgan fingerprint density at radius 3 is 1.64 bits per heavy atom. The zero-order valence-corrected chi connectivity index (χ0v) is 42.1. The SMILES string of the molecule is Cc1cc(C(C)(C)C)cc(C)c1-c1ccc(O)c(-c2cccc(-c3cc(-c4cc(C(C)(C)C)cc(C(C)(C)C)c4)cc(-c4cc5oc6ccccc6c5c(-c5ccccc5)c4O)n3)n2)c1.[Pt]. The van der Waals surface area contributed by atoms with E-state index in [1.807, 2.05) is 91.0 Å². The number of phenols is 2. The van der Waals surface area contributed by atoms with Gasteiger partial charge in [0.25, 0.3) is 0 Å². The van der Waals surface area contributed by atoms with E-state index in [2.05, 4.69) is 119 Å². The number of rotatable bonds is 6. The van der Waals surface area contributed by atoms with Crippen LogP contribution in [0.3, 0.4) is 0 Å². The molecular weight excluding hydrogens is 992 g/mol. The molecule has 0 bridgehead atoms. The van der Waals surface area contributed by atoms with E-state index in [4.69, 9.17) is 14.4 Å². The third-order valence-corrected chi connectivity index (χ3v) is 12.8. The van der Waals surface area contributed by atoms with Gasteiger partial charge in [-0.05, 0) is 134 Å². The summed E-state index contributed by atoms with van der Waals surface area (Å²) in [5.74, 6) is 0.267. The van der Waals surface area contributed by atoms with E-state index in [1.54, 1.807) is 6.07 Å². The predicted octanol–water partition coefficient (Wildman–Crippen LogP) is 16.3. The number of aryl methyl sites for hydroxylation is 2. The molecule has 6 heteroatoms. The fourth-order valence-corrected chi connectivity index (χ4v) is 9.06. The zero-order valence-electron chi connectivity index (χ0n) is 39.8. The molecule has 9 rings (SSSR count). The van der Waals surface area contributed by atoms with Crippen molar-refractivity contribution < 1.29 is 35.7 Å². The maximum absolute atomic E-state index is 12.6. The van der Waals surface area contributed by atoms with Crippen LogP contribution in [0.4, 0.5) is 0 Å². The molecule has 336 valence electrons. The van der Waals surface area contributed by atoms with Crippen LogP contribution in [0.2, 0.25) is 0 Å². The predicted molar refractivity (Wildman–Crippen MR) is 271 cm³/mol. The summed E-state index contributed by atoms with van der Waals surface area (Å²) in [5, 5.41) is 25.8. The third-order valence-electron chi connectivity index (χ3n) is 12.8. The monoisotopic (exact) mass is 1050 g/mol. The summed E-state index contributed by atoms with van der Waals surface area (Å²) in [6.45, 7) is 24.5.